The number of rotatable bonds is 7. The number of hydrogen-bond donors (Lipinski definition) is 1. The van der Waals surface area contributed by atoms with E-state index in [-0.39, 0.29) is 5.91 Å². The molecular formula is C20H28N4O2. The van der Waals surface area contributed by atoms with E-state index in [1.54, 1.807) is 18.0 Å². The number of methoxy groups -OCH3 is 1. The van der Waals surface area contributed by atoms with E-state index in [1.165, 1.54) is 25.9 Å². The molecule has 3 rings (SSSR count). The maximum Gasteiger partial charge on any atom is 0.275 e. The second-order valence-electron chi connectivity index (χ2n) is 6.98. The van der Waals surface area contributed by atoms with Crippen LogP contribution in [0.2, 0.25) is 0 Å². The first kappa shape index (κ1) is 18.5. The molecule has 0 unspecified atom stereocenters. The number of hydrogen-bond acceptors (Lipinski definition) is 4. The topological polar surface area (TPSA) is 59.4 Å². The number of ether oxygens (including phenoxy) is 1. The summed E-state index contributed by atoms with van der Waals surface area (Å²) in [6.07, 6.45) is 5.29. The largest absolute Gasteiger partial charge is 0.493 e. The minimum Gasteiger partial charge on any atom is -0.493 e. The van der Waals surface area contributed by atoms with Crippen LogP contribution in [0.5, 0.6) is 5.75 Å². The zero-order valence-electron chi connectivity index (χ0n) is 15.6. The number of para-hydroxylation sites is 1. The fraction of sp³-hybridized carbons (Fsp3) is 0.500. The molecule has 2 aromatic rings. The number of nitrogens with one attached hydrogen (secondary N) is 1. The maximum absolute atomic E-state index is 12.5. The second kappa shape index (κ2) is 8.85. The molecule has 2 heterocycles. The van der Waals surface area contributed by atoms with Gasteiger partial charge in [-0.25, -0.2) is 4.68 Å². The van der Waals surface area contributed by atoms with Crippen LogP contribution < -0.4 is 10.1 Å². The molecule has 1 atom stereocenters. The Kier molecular flexibility index (Phi) is 6.28. The molecule has 6 nitrogen and oxygen atoms in total. The van der Waals surface area contributed by atoms with Gasteiger partial charge in [0, 0.05) is 13.1 Å². The van der Waals surface area contributed by atoms with Crippen molar-refractivity contribution in [2.24, 2.45) is 5.92 Å². The highest BCUT2D eigenvalue weighted by atomic mass is 16.5. The highest BCUT2D eigenvalue weighted by Gasteiger charge is 2.19. The van der Waals surface area contributed by atoms with Crippen LogP contribution in [0.25, 0.3) is 5.69 Å². The second-order valence-corrected chi connectivity index (χ2v) is 6.98. The van der Waals surface area contributed by atoms with Crippen molar-refractivity contribution < 1.29 is 9.53 Å². The van der Waals surface area contributed by atoms with E-state index >= 15 is 0 Å². The fourth-order valence-corrected chi connectivity index (χ4v) is 3.46. The zero-order chi connectivity index (χ0) is 18.4. The van der Waals surface area contributed by atoms with E-state index in [1.807, 2.05) is 30.3 Å². The van der Waals surface area contributed by atoms with Crippen LogP contribution in [0.15, 0.2) is 36.5 Å². The van der Waals surface area contributed by atoms with Crippen LogP contribution in [0.1, 0.15) is 36.7 Å². The summed E-state index contributed by atoms with van der Waals surface area (Å²) in [5, 5.41) is 7.37. The molecular weight excluding hydrogens is 328 g/mol. The van der Waals surface area contributed by atoms with Crippen molar-refractivity contribution in [1.82, 2.24) is 20.0 Å². The number of carbonyl (C=O) groups is 1. The van der Waals surface area contributed by atoms with Crippen LogP contribution in [0.4, 0.5) is 0 Å². The lowest BCUT2D eigenvalue weighted by Crippen LogP contribution is -2.36. The molecule has 1 fully saturated rings. The summed E-state index contributed by atoms with van der Waals surface area (Å²) in [4.78, 5) is 15.0. The Hall–Kier alpha value is -2.34. The van der Waals surface area contributed by atoms with Gasteiger partial charge < -0.3 is 15.0 Å². The number of likely N-dealkylation sites (tertiary alicyclic amines) is 1. The number of nitrogens with zero attached hydrogens (tertiary/aromatic N) is 3. The van der Waals surface area contributed by atoms with E-state index < -0.39 is 0 Å². The highest BCUT2D eigenvalue weighted by Crippen LogP contribution is 2.19. The first-order valence-electron chi connectivity index (χ1n) is 9.37. The summed E-state index contributed by atoms with van der Waals surface area (Å²) in [6, 6.07) is 9.69. The number of amides is 1. The van der Waals surface area contributed by atoms with Gasteiger partial charge in [-0.05, 0) is 50.4 Å². The molecule has 6 heteroatoms. The molecule has 0 aliphatic carbocycles. The van der Waals surface area contributed by atoms with Crippen molar-refractivity contribution in [2.45, 2.75) is 26.2 Å². The van der Waals surface area contributed by atoms with Crippen molar-refractivity contribution in [3.8, 4) is 11.4 Å². The van der Waals surface area contributed by atoms with E-state index in [0.29, 0.717) is 18.0 Å². The number of carbonyl (C=O) groups excluding carboxylic acids is 1. The van der Waals surface area contributed by atoms with Crippen molar-refractivity contribution in [2.75, 3.05) is 33.3 Å². The normalized spacial score (nSPS) is 17.8. The van der Waals surface area contributed by atoms with E-state index in [4.69, 9.17) is 4.74 Å². The van der Waals surface area contributed by atoms with Crippen LogP contribution >= 0.6 is 0 Å². The number of aromatic nitrogens is 2. The molecule has 1 amide bonds. The predicted molar refractivity (Wildman–Crippen MR) is 102 cm³/mol. The van der Waals surface area contributed by atoms with Gasteiger partial charge in [-0.15, -0.1) is 0 Å². The van der Waals surface area contributed by atoms with Gasteiger partial charge in [0.25, 0.3) is 5.91 Å². The predicted octanol–water partition coefficient (Wildman–Crippen LogP) is 2.73. The lowest BCUT2D eigenvalue weighted by molar-refractivity contribution is 0.0941. The molecule has 26 heavy (non-hydrogen) atoms. The smallest absolute Gasteiger partial charge is 0.275 e. The van der Waals surface area contributed by atoms with Crippen molar-refractivity contribution in [1.29, 1.82) is 0 Å². The van der Waals surface area contributed by atoms with E-state index in [2.05, 4.69) is 22.2 Å². The van der Waals surface area contributed by atoms with Gasteiger partial charge in [-0.1, -0.05) is 25.1 Å². The Morgan fingerprint density at radius 2 is 2.15 bits per heavy atom. The lowest BCUT2D eigenvalue weighted by atomic mass is 10.0. The first-order valence-corrected chi connectivity index (χ1v) is 9.37. The van der Waals surface area contributed by atoms with E-state index in [9.17, 15) is 4.79 Å². The first-order chi connectivity index (χ1) is 12.7. The van der Waals surface area contributed by atoms with Gasteiger partial charge in [0.05, 0.1) is 19.0 Å². The van der Waals surface area contributed by atoms with Gasteiger partial charge in [-0.3, -0.25) is 4.79 Å². The molecule has 0 spiro atoms. The standard InChI is InChI=1S/C20H28N4O2/c1-16-8-6-12-23(14-16)13-7-11-21-20(25)19-18(26-2)15-24(22-19)17-9-4-3-5-10-17/h3-5,9-10,15-16H,6-8,11-14H2,1-2H3,(H,21,25)/t16-/m0/s1. The average molecular weight is 356 g/mol. The molecule has 1 saturated heterocycles. The third kappa shape index (κ3) is 4.64. The molecule has 1 aromatic heterocycles. The molecule has 1 aromatic carbocycles. The molecule has 1 N–H and O–H groups in total. The van der Waals surface area contributed by atoms with Crippen molar-refractivity contribution in [3.63, 3.8) is 0 Å². The summed E-state index contributed by atoms with van der Waals surface area (Å²) in [5.74, 6) is 1.07. The average Bonchev–Trinajstić information content (AvgIpc) is 3.10. The summed E-state index contributed by atoms with van der Waals surface area (Å²) < 4.78 is 7.00. The van der Waals surface area contributed by atoms with Gasteiger partial charge in [-0.2, -0.15) is 5.10 Å². The minimum absolute atomic E-state index is 0.191. The zero-order valence-corrected chi connectivity index (χ0v) is 15.6. The maximum atomic E-state index is 12.5. The van der Waals surface area contributed by atoms with Crippen LogP contribution in [0.3, 0.4) is 0 Å². The molecule has 140 valence electrons. The minimum atomic E-state index is -0.191. The molecule has 1 aliphatic heterocycles. The van der Waals surface area contributed by atoms with Gasteiger partial charge in [0.2, 0.25) is 0 Å². The Bertz CT molecular complexity index is 714. The summed E-state index contributed by atoms with van der Waals surface area (Å²) in [6.45, 7) is 6.32. The summed E-state index contributed by atoms with van der Waals surface area (Å²) in [5.41, 5.74) is 1.21. The highest BCUT2D eigenvalue weighted by molar-refractivity contribution is 5.94. The van der Waals surface area contributed by atoms with Gasteiger partial charge in [0.1, 0.15) is 0 Å². The lowest BCUT2D eigenvalue weighted by Gasteiger charge is -2.30. The van der Waals surface area contributed by atoms with Crippen molar-refractivity contribution in [3.05, 3.63) is 42.2 Å². The monoisotopic (exact) mass is 356 g/mol. The molecule has 1 aliphatic rings. The molecule has 0 saturated carbocycles. The van der Waals surface area contributed by atoms with Crippen molar-refractivity contribution >= 4 is 5.91 Å². The molecule has 0 bridgehead atoms. The Morgan fingerprint density at radius 1 is 1.35 bits per heavy atom. The SMILES string of the molecule is COc1cn(-c2ccccc2)nc1C(=O)NCCCN1CCC[C@H](C)C1. The van der Waals surface area contributed by atoms with Crippen LogP contribution in [-0.4, -0.2) is 53.9 Å². The molecule has 0 radical (unpaired) electrons. The Morgan fingerprint density at radius 3 is 2.88 bits per heavy atom. The Labute approximate surface area is 155 Å². The van der Waals surface area contributed by atoms with Crippen LogP contribution in [0, 0.1) is 5.92 Å². The summed E-state index contributed by atoms with van der Waals surface area (Å²) >= 11 is 0. The fourth-order valence-electron chi connectivity index (χ4n) is 3.46. The third-order valence-corrected chi connectivity index (χ3v) is 4.81. The van der Waals surface area contributed by atoms with Gasteiger partial charge >= 0.3 is 0 Å². The summed E-state index contributed by atoms with van der Waals surface area (Å²) in [7, 11) is 1.56. The number of benzene rings is 1. The quantitative estimate of drug-likeness (QED) is 0.775. The third-order valence-electron chi connectivity index (χ3n) is 4.81. The van der Waals surface area contributed by atoms with Crippen LogP contribution in [-0.2, 0) is 0 Å². The van der Waals surface area contributed by atoms with E-state index in [0.717, 1.165) is 24.6 Å². The number of piperidine rings is 1. The van der Waals surface area contributed by atoms with Gasteiger partial charge in [0.15, 0.2) is 11.4 Å². The Balaban J connectivity index is 1.53.